The molecule has 4 N–H and O–H groups in total. The summed E-state index contributed by atoms with van der Waals surface area (Å²) in [5.41, 5.74) is 10.9. The molecule has 0 atom stereocenters. The van der Waals surface area contributed by atoms with E-state index in [2.05, 4.69) is 77.9 Å². The van der Waals surface area contributed by atoms with E-state index in [-0.39, 0.29) is 27.6 Å². The van der Waals surface area contributed by atoms with Gasteiger partial charge in [-0.05, 0) is 173 Å². The number of benzene rings is 4. The van der Waals surface area contributed by atoms with E-state index < -0.39 is 34.9 Å². The molecule has 10 nitrogen and oxygen atoms in total. The SMILES string of the molecule is CCCCCC(=Nc1cc(CCCC)cc(CCCC)c1)C(CCCC)=Nc1cc(CCCC)cc(CCCC)c1.CCCCCc1ccc(O)c([O-])c1C(=O)O.CCCCCc1ccc(O)c([O-])c1C(=O)O.[Ni+2]. The third-order valence-corrected chi connectivity index (χ3v) is 13.0. The quantitative estimate of drug-likeness (QED) is 0.0211. The number of aromatic hydroxyl groups is 2. The van der Waals surface area contributed by atoms with Crippen molar-refractivity contribution in [1.29, 1.82) is 0 Å². The molecule has 0 amide bonds. The molecule has 74 heavy (non-hydrogen) atoms. The Balaban J connectivity index is 0.000000675. The third kappa shape index (κ3) is 24.9. The molecule has 0 radical (unpaired) electrons. The van der Waals surface area contributed by atoms with E-state index in [0.717, 1.165) is 94.8 Å². The molecule has 412 valence electrons. The first-order valence-electron chi connectivity index (χ1n) is 28.1. The zero-order valence-electron chi connectivity index (χ0n) is 46.5. The van der Waals surface area contributed by atoms with Crippen LogP contribution in [0.3, 0.4) is 0 Å². The van der Waals surface area contributed by atoms with E-state index in [1.165, 1.54) is 135 Å². The molecular weight excluding hydrogens is 971 g/mol. The number of aliphatic imine (C=N–C) groups is 2. The van der Waals surface area contributed by atoms with Crippen LogP contribution in [0, 0.1) is 0 Å². The van der Waals surface area contributed by atoms with Crippen LogP contribution in [-0.2, 0) is 55.0 Å². The maximum atomic E-state index is 11.4. The summed E-state index contributed by atoms with van der Waals surface area (Å²) in [5, 5.41) is 59.0. The number of phenols is 2. The Bertz CT molecular complexity index is 2180. The standard InChI is InChI=1S/C39H62N2.2C12H16O4.Ni/c1-7-13-19-25-39(41-37-30-34(22-16-10-4)27-35(31-37)23-17-11-5)38(24-18-12-6)40-36-28-32(20-14-8-2)26-33(29-36)21-15-9-3;2*1-2-3-4-5-8-6-7-9(13)11(14)10(8)12(15)16;/h26-31H,7-25H2,1-6H3;2*6-7,13-14H,2-5H2,1H3,(H,15,16);/q;;;+2/p-2. The van der Waals surface area contributed by atoms with Crippen molar-refractivity contribution in [2.24, 2.45) is 9.98 Å². The van der Waals surface area contributed by atoms with Gasteiger partial charge in [-0.15, -0.1) is 0 Å². The van der Waals surface area contributed by atoms with E-state index in [9.17, 15) is 19.8 Å². The first-order valence-corrected chi connectivity index (χ1v) is 28.1. The number of phenolic OH excluding ortho intramolecular Hbond substituents is 2. The second-order valence-electron chi connectivity index (χ2n) is 19.5. The Morgan fingerprint density at radius 2 is 0.703 bits per heavy atom. The molecule has 0 spiro atoms. The molecule has 0 saturated carbocycles. The molecule has 0 aliphatic rings. The Morgan fingerprint density at radius 1 is 0.405 bits per heavy atom. The monoisotopic (exact) mass is 1060 g/mol. The van der Waals surface area contributed by atoms with E-state index in [0.29, 0.717) is 24.0 Å². The number of hydrogen-bond donors (Lipinski definition) is 4. The van der Waals surface area contributed by atoms with Crippen molar-refractivity contribution < 1.29 is 56.7 Å². The number of hydrogen-bond acceptors (Lipinski definition) is 8. The van der Waals surface area contributed by atoms with E-state index in [1.807, 2.05) is 13.8 Å². The van der Waals surface area contributed by atoms with Crippen LogP contribution in [-0.4, -0.2) is 43.8 Å². The zero-order valence-corrected chi connectivity index (χ0v) is 47.5. The van der Waals surface area contributed by atoms with Crippen LogP contribution in [0.5, 0.6) is 23.0 Å². The molecule has 0 unspecified atom stereocenters. The van der Waals surface area contributed by atoms with Crippen LogP contribution in [0.2, 0.25) is 0 Å². The summed E-state index contributed by atoms with van der Waals surface area (Å²) in [5.74, 6) is -5.13. The van der Waals surface area contributed by atoms with Gasteiger partial charge in [0.15, 0.2) is 0 Å². The van der Waals surface area contributed by atoms with E-state index in [4.69, 9.17) is 30.4 Å². The summed E-state index contributed by atoms with van der Waals surface area (Å²) in [6.07, 6.45) is 29.3. The smallest absolute Gasteiger partial charge is 0.869 e. The maximum Gasteiger partial charge on any atom is 2.00 e. The van der Waals surface area contributed by atoms with Gasteiger partial charge in [-0.3, -0.25) is 9.98 Å². The zero-order chi connectivity index (χ0) is 54.0. The van der Waals surface area contributed by atoms with Crippen molar-refractivity contribution in [2.75, 3.05) is 0 Å². The first kappa shape index (κ1) is 66.9. The van der Waals surface area contributed by atoms with Crippen molar-refractivity contribution in [2.45, 2.75) is 229 Å². The normalized spacial score (nSPS) is 11.3. The van der Waals surface area contributed by atoms with Crippen LogP contribution < -0.4 is 10.2 Å². The van der Waals surface area contributed by atoms with Crippen LogP contribution >= 0.6 is 0 Å². The number of carboxylic acid groups (broad SMARTS) is 2. The molecular formula is C63H92N2NiO8. The Kier molecular flexibility index (Phi) is 35.5. The summed E-state index contributed by atoms with van der Waals surface area (Å²) in [4.78, 5) is 32.7. The number of carbonyl (C=O) groups is 2. The topological polar surface area (TPSA) is 186 Å². The summed E-state index contributed by atoms with van der Waals surface area (Å²) in [7, 11) is 0. The largest absolute Gasteiger partial charge is 2.00 e. The van der Waals surface area contributed by atoms with Gasteiger partial charge in [0.1, 0.15) is 11.5 Å². The van der Waals surface area contributed by atoms with Crippen LogP contribution in [0.15, 0.2) is 70.6 Å². The molecule has 4 aromatic carbocycles. The van der Waals surface area contributed by atoms with Gasteiger partial charge < -0.3 is 30.6 Å². The number of rotatable bonds is 32. The van der Waals surface area contributed by atoms with Gasteiger partial charge >= 0.3 is 28.4 Å². The van der Waals surface area contributed by atoms with Gasteiger partial charge in [0, 0.05) is 0 Å². The molecule has 4 rings (SSSR count). The van der Waals surface area contributed by atoms with Crippen LogP contribution in [0.4, 0.5) is 11.4 Å². The molecule has 4 aromatic rings. The fourth-order valence-electron chi connectivity index (χ4n) is 8.69. The Morgan fingerprint density at radius 3 is 1.00 bits per heavy atom. The van der Waals surface area contributed by atoms with Crippen LogP contribution in [0.1, 0.15) is 244 Å². The molecule has 0 aliphatic carbocycles. The molecule has 0 aliphatic heterocycles. The number of nitrogens with zero attached hydrogens (tertiary/aromatic N) is 2. The Hall–Kier alpha value is -5.15. The molecule has 0 fully saturated rings. The number of aryl methyl sites for hydroxylation is 6. The second-order valence-corrected chi connectivity index (χ2v) is 19.5. The molecule has 0 bridgehead atoms. The summed E-state index contributed by atoms with van der Waals surface area (Å²) in [6, 6.07) is 19.8. The van der Waals surface area contributed by atoms with Crippen molar-refractivity contribution >= 4 is 34.7 Å². The van der Waals surface area contributed by atoms with Gasteiger partial charge in [-0.1, -0.05) is 162 Å². The fourth-order valence-corrected chi connectivity index (χ4v) is 8.69. The second kappa shape index (κ2) is 39.3. The van der Waals surface area contributed by atoms with Gasteiger partial charge in [0.05, 0.1) is 33.9 Å². The van der Waals surface area contributed by atoms with Crippen molar-refractivity contribution in [3.63, 3.8) is 0 Å². The Labute approximate surface area is 456 Å². The van der Waals surface area contributed by atoms with Gasteiger partial charge in [-0.25, -0.2) is 9.59 Å². The number of unbranched alkanes of at least 4 members (excludes halogenated alkanes) is 11. The van der Waals surface area contributed by atoms with Crippen LogP contribution in [0.25, 0.3) is 0 Å². The minimum Gasteiger partial charge on any atom is -0.869 e. The summed E-state index contributed by atoms with van der Waals surface area (Å²) < 4.78 is 0. The summed E-state index contributed by atoms with van der Waals surface area (Å²) in [6.45, 7) is 17.8. The van der Waals surface area contributed by atoms with Gasteiger partial charge in [0.2, 0.25) is 0 Å². The van der Waals surface area contributed by atoms with Gasteiger partial charge in [-0.2, -0.15) is 0 Å². The number of aromatic carboxylic acids is 2. The van der Waals surface area contributed by atoms with E-state index >= 15 is 0 Å². The molecule has 11 heteroatoms. The molecule has 0 aromatic heterocycles. The molecule has 0 heterocycles. The van der Waals surface area contributed by atoms with Crippen molar-refractivity contribution in [1.82, 2.24) is 0 Å². The predicted molar refractivity (Wildman–Crippen MR) is 301 cm³/mol. The summed E-state index contributed by atoms with van der Waals surface area (Å²) >= 11 is 0. The average Bonchev–Trinajstić information content (AvgIpc) is 3.37. The fraction of sp³-hybridized carbons (Fsp3) is 0.556. The minimum atomic E-state index is -1.27. The molecule has 0 saturated heterocycles. The average molecular weight is 1060 g/mol. The maximum absolute atomic E-state index is 11.4. The van der Waals surface area contributed by atoms with E-state index in [1.54, 1.807) is 0 Å². The minimum absolute atomic E-state index is 0. The van der Waals surface area contributed by atoms with Crippen molar-refractivity contribution in [3.05, 3.63) is 105 Å². The van der Waals surface area contributed by atoms with Crippen molar-refractivity contribution in [3.8, 4) is 23.0 Å². The number of carboxylic acids is 2. The first-order chi connectivity index (χ1) is 35.2. The van der Waals surface area contributed by atoms with Gasteiger partial charge in [0.25, 0.3) is 0 Å². The third-order valence-electron chi connectivity index (χ3n) is 13.0. The predicted octanol–water partition coefficient (Wildman–Crippen LogP) is 16.5.